The maximum Gasteiger partial charge on any atom is 0.352 e. The standard InChI is InChI=1S/C23H27N7O2.C21H4.H3N7O2.9H2/c1-15-10-28(11-16(2)27-15)12-18-8-20-21(24-9-18)29(23(31)30-22(20)25-14-26-30)13-17-4-6-19(32-3)7-5-17;1-3-5-7-9-11-13-15-17-19-21-20-18-16-14-12-10-8-6-4-2;1-2-3-4-5-6-7(8)9;;;;;;;;;/h4-9,14-16,27H,10-13H2,1-3H3;1H,2H3;(H2,1,3,5)(H,2,4,6);9*1H/t15-,16+;;;;;;;;;;;. The molecule has 18 nitrogen and oxygen atoms in total. The van der Waals surface area contributed by atoms with Gasteiger partial charge in [0.05, 0.1) is 24.1 Å². The van der Waals surface area contributed by atoms with Gasteiger partial charge in [-0.1, -0.05) is 23.3 Å². The predicted octanol–water partition coefficient (Wildman–Crippen LogP) is 3.94. The summed E-state index contributed by atoms with van der Waals surface area (Å²) in [7, 11) is 1.63. The highest BCUT2D eigenvalue weighted by Crippen LogP contribution is 2.20. The third-order valence-electron chi connectivity index (χ3n) is 7.38. The first kappa shape index (κ1) is 46.9. The van der Waals surface area contributed by atoms with Gasteiger partial charge in [0, 0.05) is 73.4 Å². The quantitative estimate of drug-likeness (QED) is 0.0759. The second kappa shape index (κ2) is 27.2. The fourth-order valence-electron chi connectivity index (χ4n) is 5.29. The van der Waals surface area contributed by atoms with Crippen LogP contribution in [0.3, 0.4) is 0 Å². The summed E-state index contributed by atoms with van der Waals surface area (Å²) >= 11 is 0. The summed E-state index contributed by atoms with van der Waals surface area (Å²) in [4.78, 5) is 34.1. The molecule has 1 fully saturated rings. The Hall–Kier alpha value is -9.50. The molecule has 4 heterocycles. The van der Waals surface area contributed by atoms with Gasteiger partial charge in [-0.15, -0.1) is 6.42 Å². The summed E-state index contributed by atoms with van der Waals surface area (Å²) in [5.74, 6) is 52.1. The summed E-state index contributed by atoms with van der Waals surface area (Å²) in [6, 6.07) is 10.7. The Morgan fingerprint density at radius 3 is 1.95 bits per heavy atom. The van der Waals surface area contributed by atoms with Gasteiger partial charge in [0.15, 0.2) is 10.9 Å². The van der Waals surface area contributed by atoms with Crippen LogP contribution in [0.4, 0.5) is 0 Å². The van der Waals surface area contributed by atoms with E-state index in [-0.39, 0.29) is 18.5 Å². The van der Waals surface area contributed by atoms with E-state index >= 15 is 0 Å². The molecule has 3 aromatic heterocycles. The van der Waals surface area contributed by atoms with Crippen molar-refractivity contribution in [3.05, 3.63) is 74.6 Å². The number of nitrogens with one attached hydrogen (secondary N) is 2. The zero-order valence-electron chi connectivity index (χ0n) is 33.7. The summed E-state index contributed by atoms with van der Waals surface area (Å²) in [5.41, 5.74) is 4.31. The second-order valence-electron chi connectivity index (χ2n) is 11.9. The Bertz CT molecular complexity index is 3030. The maximum atomic E-state index is 13.1. The lowest BCUT2D eigenvalue weighted by Crippen LogP contribution is -2.53. The highest BCUT2D eigenvalue weighted by atomic mass is 16.7. The molecular formula is C44H52N14O4. The van der Waals surface area contributed by atoms with Gasteiger partial charge in [-0.25, -0.2) is 14.8 Å². The number of terminal acetylenes is 1. The molecular weight excluding hydrogens is 789 g/mol. The molecule has 4 N–H and O–H groups in total. The molecule has 0 amide bonds. The van der Waals surface area contributed by atoms with Crippen molar-refractivity contribution in [2.75, 3.05) is 20.2 Å². The van der Waals surface area contributed by atoms with Crippen molar-refractivity contribution < 1.29 is 22.6 Å². The van der Waals surface area contributed by atoms with Crippen molar-refractivity contribution in [3.8, 4) is 125 Å². The van der Waals surface area contributed by atoms with Crippen molar-refractivity contribution in [3.63, 3.8) is 0 Å². The lowest BCUT2D eigenvalue weighted by atomic mass is 10.1. The number of hydrogen-bond donors (Lipinski definition) is 3. The normalized spacial score (nSPS) is 13.0. The number of nitro groups is 1. The van der Waals surface area contributed by atoms with Gasteiger partial charge < -0.3 is 26.0 Å². The van der Waals surface area contributed by atoms with Crippen LogP contribution in [0.2, 0.25) is 0 Å². The van der Waals surface area contributed by atoms with E-state index in [1.54, 1.807) is 18.6 Å². The maximum absolute atomic E-state index is 13.1. The highest BCUT2D eigenvalue weighted by Gasteiger charge is 2.22. The minimum Gasteiger partial charge on any atom is -0.497 e. The van der Waals surface area contributed by atoms with Crippen LogP contribution < -0.4 is 27.1 Å². The number of piperazine rings is 1. The van der Waals surface area contributed by atoms with Crippen LogP contribution in [0.5, 0.6) is 5.75 Å². The van der Waals surface area contributed by atoms with Crippen molar-refractivity contribution in [1.82, 2.24) is 39.9 Å². The van der Waals surface area contributed by atoms with Crippen LogP contribution in [0, 0.1) is 129 Å². The van der Waals surface area contributed by atoms with Gasteiger partial charge in [0.25, 0.3) is 0 Å². The predicted molar refractivity (Wildman–Crippen MR) is 250 cm³/mol. The molecule has 1 aliphatic rings. The van der Waals surface area contributed by atoms with Gasteiger partial charge in [0.1, 0.15) is 22.9 Å². The molecule has 5 rings (SSSR count). The molecule has 1 aliphatic heterocycles. The first-order valence-corrected chi connectivity index (χ1v) is 17.8. The third kappa shape index (κ3) is 16.9. The number of benzene rings is 1. The Morgan fingerprint density at radius 2 is 1.44 bits per heavy atom. The molecule has 18 heteroatoms. The number of nitrogens with zero attached hydrogens (tertiary/aromatic N) is 11. The van der Waals surface area contributed by atoms with E-state index in [1.165, 1.54) is 16.4 Å². The number of hydrazine groups is 1. The molecule has 0 saturated carbocycles. The minimum atomic E-state index is -0.907. The average molecular weight is 841 g/mol. The van der Waals surface area contributed by atoms with E-state index < -0.39 is 5.03 Å². The van der Waals surface area contributed by atoms with Gasteiger partial charge in [0.2, 0.25) is 0 Å². The Kier molecular flexibility index (Phi) is 20.6. The van der Waals surface area contributed by atoms with Crippen LogP contribution in [0.15, 0.2) is 68.5 Å². The summed E-state index contributed by atoms with van der Waals surface area (Å²) < 4.78 is 8.24. The summed E-state index contributed by atoms with van der Waals surface area (Å²) in [5, 5.41) is 27.9. The van der Waals surface area contributed by atoms with Crippen LogP contribution >= 0.6 is 0 Å². The van der Waals surface area contributed by atoms with E-state index in [4.69, 9.17) is 16.1 Å². The van der Waals surface area contributed by atoms with Crippen molar-refractivity contribution >= 4 is 16.7 Å². The van der Waals surface area contributed by atoms with Crippen LogP contribution in [-0.2, 0) is 13.1 Å². The topological polar surface area (TPSA) is 220 Å². The minimum absolute atomic E-state index is 0. The zero-order chi connectivity index (χ0) is 44.8. The molecule has 1 saturated heterocycles. The second-order valence-corrected chi connectivity index (χ2v) is 11.9. The van der Waals surface area contributed by atoms with E-state index in [2.05, 4.69) is 179 Å². The summed E-state index contributed by atoms with van der Waals surface area (Å²) in [6.45, 7) is 9.27. The van der Waals surface area contributed by atoms with E-state index in [1.807, 2.05) is 30.5 Å². The number of rotatable bonds is 8. The monoisotopic (exact) mass is 840 g/mol. The Labute approximate surface area is 371 Å². The van der Waals surface area contributed by atoms with E-state index in [9.17, 15) is 14.9 Å². The van der Waals surface area contributed by atoms with Gasteiger partial charge in [-0.3, -0.25) is 9.47 Å². The molecule has 0 radical (unpaired) electrons. The number of aromatic nitrogens is 5. The Balaban J connectivity index is -0.000000186. The number of ether oxygens (including phenoxy) is 1. The molecule has 4 aromatic rings. The molecule has 0 aliphatic carbocycles. The number of nitrogens with two attached hydrogens (primary N) is 1. The smallest absolute Gasteiger partial charge is 0.352 e. The fourth-order valence-corrected chi connectivity index (χ4v) is 5.29. The van der Waals surface area contributed by atoms with Gasteiger partial charge >= 0.3 is 5.69 Å². The van der Waals surface area contributed by atoms with Crippen LogP contribution in [0.25, 0.3) is 16.7 Å². The SMILES string of the molecule is C#CC#CC#CC#CC#CC#CC#CC#CC#CC#CC.COc1ccc(Cn2c(=O)n3ncnc3c3cc(CN4C[C@@H](C)N[C@@H](C)C4)cnc32)cc1.NN=NN=NN[N+](=O)[O-].[HH].[HH].[HH].[HH].[HH].[HH].[HH].[HH].[HH]. The molecule has 0 bridgehead atoms. The fraction of sp³-hybridized carbons (Fsp3) is 0.227. The molecule has 62 heavy (non-hydrogen) atoms. The number of methoxy groups -OCH3 is 1. The van der Waals surface area contributed by atoms with Crippen molar-refractivity contribution in [2.45, 2.75) is 45.9 Å². The average Bonchev–Trinajstić information content (AvgIpc) is 3.76. The third-order valence-corrected chi connectivity index (χ3v) is 7.38. The van der Waals surface area contributed by atoms with E-state index in [0.717, 1.165) is 41.9 Å². The van der Waals surface area contributed by atoms with Gasteiger partial charge in [-0.05, 0) is 145 Å². The lowest BCUT2D eigenvalue weighted by molar-refractivity contribution is -0.546. The van der Waals surface area contributed by atoms with Crippen molar-refractivity contribution in [2.24, 2.45) is 26.7 Å². The van der Waals surface area contributed by atoms with Crippen LogP contribution in [0.1, 0.15) is 44.7 Å². The largest absolute Gasteiger partial charge is 0.497 e. The lowest BCUT2D eigenvalue weighted by Gasteiger charge is -2.36. The first-order valence-electron chi connectivity index (χ1n) is 17.8. The first-order chi connectivity index (χ1) is 30.2. The molecule has 2 atom stereocenters. The molecule has 1 aromatic carbocycles. The Morgan fingerprint density at radius 1 is 0.871 bits per heavy atom. The number of hydrogen-bond acceptors (Lipinski definition) is 11. The summed E-state index contributed by atoms with van der Waals surface area (Å²) in [6.07, 6.45) is 8.19. The van der Waals surface area contributed by atoms with E-state index in [0.29, 0.717) is 29.9 Å². The van der Waals surface area contributed by atoms with Crippen molar-refractivity contribution in [1.29, 1.82) is 0 Å². The van der Waals surface area contributed by atoms with Crippen LogP contribution in [-0.4, -0.2) is 66.4 Å². The molecule has 0 unspecified atom stereocenters. The molecule has 322 valence electrons. The number of fused-ring (bicyclic) bond motifs is 3. The highest BCUT2D eigenvalue weighted by molar-refractivity contribution is 5.89. The molecule has 0 spiro atoms. The number of pyridine rings is 1. The van der Waals surface area contributed by atoms with Gasteiger partial charge in [-0.2, -0.15) is 9.61 Å². The zero-order valence-corrected chi connectivity index (χ0v) is 33.7.